The van der Waals surface area contributed by atoms with Gasteiger partial charge in [0.15, 0.2) is 0 Å². The van der Waals surface area contributed by atoms with Gasteiger partial charge in [-0.25, -0.2) is 4.79 Å². The van der Waals surface area contributed by atoms with Gasteiger partial charge in [0.25, 0.3) is 5.91 Å². The number of para-hydroxylation sites is 1. The van der Waals surface area contributed by atoms with Crippen LogP contribution in [0.2, 0.25) is 0 Å². The first-order valence-electron chi connectivity index (χ1n) is 8.75. The maximum atomic E-state index is 12.7. The zero-order valence-electron chi connectivity index (χ0n) is 14.9. The number of carbonyl (C=O) groups is 2. The Bertz CT molecular complexity index is 1020. The monoisotopic (exact) mass is 357 g/mol. The van der Waals surface area contributed by atoms with Crippen molar-refractivity contribution in [2.24, 2.45) is 0 Å². The van der Waals surface area contributed by atoms with Gasteiger partial charge in [0.1, 0.15) is 5.70 Å². The van der Waals surface area contributed by atoms with E-state index in [1.807, 2.05) is 84.4 Å². The van der Waals surface area contributed by atoms with E-state index in [1.54, 1.807) is 6.08 Å². The summed E-state index contributed by atoms with van der Waals surface area (Å²) in [6.07, 6.45) is 3.63. The molecule has 1 aliphatic heterocycles. The second-order valence-electron chi connectivity index (χ2n) is 6.50. The average molecular weight is 357 g/mol. The van der Waals surface area contributed by atoms with Crippen LogP contribution in [0.3, 0.4) is 0 Å². The average Bonchev–Trinajstić information content (AvgIpc) is 3.24. The molecule has 1 saturated heterocycles. The number of aromatic nitrogens is 1. The van der Waals surface area contributed by atoms with Crippen LogP contribution >= 0.6 is 0 Å². The number of imide groups is 1. The molecule has 3 amide bonds. The first kappa shape index (κ1) is 16.8. The second-order valence-corrected chi connectivity index (χ2v) is 6.50. The van der Waals surface area contributed by atoms with Crippen LogP contribution in [0.25, 0.3) is 11.8 Å². The number of urea groups is 1. The Morgan fingerprint density at radius 3 is 2.41 bits per heavy atom. The highest BCUT2D eigenvalue weighted by Gasteiger charge is 2.33. The summed E-state index contributed by atoms with van der Waals surface area (Å²) in [5.41, 5.74) is 4.14. The molecular weight excluding hydrogens is 338 g/mol. The molecule has 0 radical (unpaired) electrons. The molecule has 1 aliphatic rings. The second kappa shape index (κ2) is 6.96. The van der Waals surface area contributed by atoms with E-state index in [0.717, 1.165) is 22.5 Å². The summed E-state index contributed by atoms with van der Waals surface area (Å²) in [6.45, 7) is 2.25. The van der Waals surface area contributed by atoms with Gasteiger partial charge in [-0.05, 0) is 42.8 Å². The van der Waals surface area contributed by atoms with Crippen molar-refractivity contribution in [1.29, 1.82) is 0 Å². The number of hydrogen-bond acceptors (Lipinski definition) is 2. The van der Waals surface area contributed by atoms with Crippen LogP contribution in [0.5, 0.6) is 0 Å². The van der Waals surface area contributed by atoms with Gasteiger partial charge < -0.3 is 9.88 Å². The predicted molar refractivity (Wildman–Crippen MR) is 104 cm³/mol. The van der Waals surface area contributed by atoms with Crippen LogP contribution in [-0.4, -0.2) is 21.4 Å². The number of rotatable bonds is 4. The standard InChI is InChI=1S/C22H19N3O2/c1-16-9-11-17(12-10-16)15-25-21(26)20(23-22(25)27)14-19-8-5-13-24(19)18-6-3-2-4-7-18/h2-14H,15H2,1H3,(H,23,27). The summed E-state index contributed by atoms with van der Waals surface area (Å²) in [5.74, 6) is -0.318. The number of carbonyl (C=O) groups excluding carboxylic acids is 2. The van der Waals surface area contributed by atoms with Crippen molar-refractivity contribution in [3.8, 4) is 5.69 Å². The van der Waals surface area contributed by atoms with E-state index in [0.29, 0.717) is 0 Å². The van der Waals surface area contributed by atoms with E-state index in [9.17, 15) is 9.59 Å². The molecule has 0 saturated carbocycles. The van der Waals surface area contributed by atoms with Gasteiger partial charge in [-0.1, -0.05) is 48.0 Å². The summed E-state index contributed by atoms with van der Waals surface area (Å²) in [7, 11) is 0. The summed E-state index contributed by atoms with van der Waals surface area (Å²) in [4.78, 5) is 26.3. The third-order valence-corrected chi connectivity index (χ3v) is 4.53. The zero-order chi connectivity index (χ0) is 18.8. The van der Waals surface area contributed by atoms with Crippen molar-refractivity contribution in [1.82, 2.24) is 14.8 Å². The van der Waals surface area contributed by atoms with Gasteiger partial charge in [-0.15, -0.1) is 0 Å². The minimum Gasteiger partial charge on any atom is -0.317 e. The summed E-state index contributed by atoms with van der Waals surface area (Å²) in [6, 6.07) is 21.1. The van der Waals surface area contributed by atoms with Crippen molar-refractivity contribution in [2.45, 2.75) is 13.5 Å². The van der Waals surface area contributed by atoms with Crippen molar-refractivity contribution in [2.75, 3.05) is 0 Å². The van der Waals surface area contributed by atoms with E-state index in [4.69, 9.17) is 0 Å². The fourth-order valence-corrected chi connectivity index (χ4v) is 3.07. The molecule has 2 heterocycles. The lowest BCUT2D eigenvalue weighted by Crippen LogP contribution is -2.30. The molecule has 0 unspecified atom stereocenters. The van der Waals surface area contributed by atoms with Crippen LogP contribution in [-0.2, 0) is 11.3 Å². The topological polar surface area (TPSA) is 54.3 Å². The van der Waals surface area contributed by atoms with Crippen molar-refractivity contribution in [3.05, 3.63) is 95.4 Å². The summed E-state index contributed by atoms with van der Waals surface area (Å²) >= 11 is 0. The van der Waals surface area contributed by atoms with E-state index in [-0.39, 0.29) is 18.1 Å². The molecular formula is C22H19N3O2. The molecule has 1 N–H and O–H groups in total. The molecule has 0 spiro atoms. The Hall–Kier alpha value is -3.60. The van der Waals surface area contributed by atoms with E-state index >= 15 is 0 Å². The molecule has 27 heavy (non-hydrogen) atoms. The number of hydrogen-bond donors (Lipinski definition) is 1. The largest absolute Gasteiger partial charge is 0.329 e. The van der Waals surface area contributed by atoms with Gasteiger partial charge in [0.2, 0.25) is 0 Å². The first-order valence-corrected chi connectivity index (χ1v) is 8.75. The molecule has 0 aliphatic carbocycles. The molecule has 1 aromatic heterocycles. The molecule has 0 bridgehead atoms. The molecule has 1 fully saturated rings. The van der Waals surface area contributed by atoms with Crippen LogP contribution in [0.1, 0.15) is 16.8 Å². The van der Waals surface area contributed by atoms with E-state index in [2.05, 4.69) is 5.32 Å². The minimum absolute atomic E-state index is 0.252. The fourth-order valence-electron chi connectivity index (χ4n) is 3.07. The quantitative estimate of drug-likeness (QED) is 0.569. The van der Waals surface area contributed by atoms with Crippen molar-refractivity contribution < 1.29 is 9.59 Å². The van der Waals surface area contributed by atoms with Crippen LogP contribution in [0.15, 0.2) is 78.6 Å². The highest BCUT2D eigenvalue weighted by Crippen LogP contribution is 2.19. The van der Waals surface area contributed by atoms with Gasteiger partial charge in [0.05, 0.1) is 6.54 Å². The van der Waals surface area contributed by atoms with Gasteiger partial charge in [0, 0.05) is 17.6 Å². The first-order chi connectivity index (χ1) is 13.1. The molecule has 2 aromatic carbocycles. The number of nitrogens with one attached hydrogen (secondary N) is 1. The van der Waals surface area contributed by atoms with Crippen LogP contribution < -0.4 is 5.32 Å². The van der Waals surface area contributed by atoms with E-state index < -0.39 is 6.03 Å². The highest BCUT2D eigenvalue weighted by molar-refractivity contribution is 6.13. The summed E-state index contributed by atoms with van der Waals surface area (Å²) in [5, 5.41) is 2.69. The van der Waals surface area contributed by atoms with Gasteiger partial charge in [-0.2, -0.15) is 0 Å². The SMILES string of the molecule is Cc1ccc(CN2C(=O)NC(=Cc3cccn3-c3ccccc3)C2=O)cc1. The molecule has 134 valence electrons. The number of benzene rings is 2. The summed E-state index contributed by atoms with van der Waals surface area (Å²) < 4.78 is 1.97. The Morgan fingerprint density at radius 1 is 0.926 bits per heavy atom. The molecule has 4 rings (SSSR count). The number of nitrogens with zero attached hydrogens (tertiary/aromatic N) is 2. The normalized spacial score (nSPS) is 15.4. The Balaban J connectivity index is 1.59. The number of aryl methyl sites for hydroxylation is 1. The third kappa shape index (κ3) is 3.40. The lowest BCUT2D eigenvalue weighted by molar-refractivity contribution is -0.123. The highest BCUT2D eigenvalue weighted by atomic mass is 16.2. The Labute approximate surface area is 157 Å². The maximum Gasteiger partial charge on any atom is 0.329 e. The smallest absolute Gasteiger partial charge is 0.317 e. The molecule has 5 heteroatoms. The van der Waals surface area contributed by atoms with Gasteiger partial charge in [-0.3, -0.25) is 9.69 Å². The third-order valence-electron chi connectivity index (χ3n) is 4.53. The van der Waals surface area contributed by atoms with Crippen LogP contribution in [0, 0.1) is 6.92 Å². The van der Waals surface area contributed by atoms with Crippen molar-refractivity contribution >= 4 is 18.0 Å². The Morgan fingerprint density at radius 2 is 1.67 bits per heavy atom. The van der Waals surface area contributed by atoms with E-state index in [1.165, 1.54) is 4.90 Å². The lowest BCUT2D eigenvalue weighted by atomic mass is 10.1. The molecule has 3 aromatic rings. The fraction of sp³-hybridized carbons (Fsp3) is 0.0909. The Kier molecular flexibility index (Phi) is 4.34. The predicted octanol–water partition coefficient (Wildman–Crippen LogP) is 3.88. The maximum absolute atomic E-state index is 12.7. The molecule has 0 atom stereocenters. The number of amides is 3. The molecule has 5 nitrogen and oxygen atoms in total. The van der Waals surface area contributed by atoms with Crippen LogP contribution in [0.4, 0.5) is 4.79 Å². The lowest BCUT2D eigenvalue weighted by Gasteiger charge is -2.12. The van der Waals surface area contributed by atoms with Crippen molar-refractivity contribution in [3.63, 3.8) is 0 Å². The minimum atomic E-state index is -0.398. The zero-order valence-corrected chi connectivity index (χ0v) is 14.9. The van der Waals surface area contributed by atoms with Gasteiger partial charge >= 0.3 is 6.03 Å².